The van der Waals surface area contributed by atoms with Crippen LogP contribution < -0.4 is 31.6 Å². The average Bonchev–Trinajstić information content (AvgIpc) is 2.47. The quantitative estimate of drug-likeness (QED) is 0.735. The Balaban J connectivity index is 0.00000242. The highest BCUT2D eigenvalue weighted by atomic mass is 79.9. The molecule has 0 aliphatic carbocycles. The van der Waals surface area contributed by atoms with Gasteiger partial charge in [0.1, 0.15) is 5.75 Å². The van der Waals surface area contributed by atoms with Gasteiger partial charge in [-0.05, 0) is 30.7 Å². The smallest absolute Gasteiger partial charge is 0.230 e. The van der Waals surface area contributed by atoms with Crippen molar-refractivity contribution in [3.05, 3.63) is 53.3 Å². The Morgan fingerprint density at radius 3 is 2.59 bits per heavy atom. The third kappa shape index (κ3) is 5.31. The van der Waals surface area contributed by atoms with Gasteiger partial charge in [-0.2, -0.15) is 0 Å². The van der Waals surface area contributed by atoms with Crippen LogP contribution in [0, 0.1) is 6.92 Å². The fourth-order valence-corrected chi connectivity index (χ4v) is 2.07. The minimum Gasteiger partial charge on any atom is -1.00 e. The molecule has 118 valence electrons. The summed E-state index contributed by atoms with van der Waals surface area (Å²) in [7, 11) is 1.56. The maximum Gasteiger partial charge on any atom is 0.230 e. The van der Waals surface area contributed by atoms with Crippen LogP contribution in [0.25, 0.3) is 0 Å². The van der Waals surface area contributed by atoms with Crippen LogP contribution in [0.2, 0.25) is 5.02 Å². The van der Waals surface area contributed by atoms with Gasteiger partial charge in [0, 0.05) is 17.2 Å². The second-order valence-electron chi connectivity index (χ2n) is 4.76. The molecule has 4 nitrogen and oxygen atoms in total. The molecule has 2 rings (SSSR count). The van der Waals surface area contributed by atoms with Crippen molar-refractivity contribution in [1.82, 2.24) is 0 Å². The summed E-state index contributed by atoms with van der Waals surface area (Å²) in [5, 5.41) is 3.38. The summed E-state index contributed by atoms with van der Waals surface area (Å²) < 4.78 is 7.17. The molecule has 6 heteroatoms. The number of ether oxygens (including phenoxy) is 1. The molecule has 1 aromatic carbocycles. The van der Waals surface area contributed by atoms with E-state index in [1.807, 2.05) is 36.0 Å². The minimum absolute atomic E-state index is 0. The normalized spacial score (nSPS) is 9.77. The molecule has 0 saturated heterocycles. The predicted octanol–water partition coefficient (Wildman–Crippen LogP) is -0.0227. The van der Waals surface area contributed by atoms with E-state index in [0.717, 1.165) is 0 Å². The van der Waals surface area contributed by atoms with Crippen LogP contribution >= 0.6 is 11.6 Å². The van der Waals surface area contributed by atoms with Gasteiger partial charge >= 0.3 is 0 Å². The number of carbonyl (C=O) groups excluding carboxylic acids is 1. The number of halogens is 2. The molecule has 0 atom stereocenters. The summed E-state index contributed by atoms with van der Waals surface area (Å²) in [4.78, 5) is 12.0. The standard InChI is InChI=1S/C16H17ClN2O2.BrH/c1-12-5-8-19(9-6-12)10-7-16(20)18-14-11-13(17)3-4-15(14)21-2;/h3-6,8-9,11H,7,10H2,1-2H3;1H. The maximum absolute atomic E-state index is 12.0. The van der Waals surface area contributed by atoms with Crippen molar-refractivity contribution in [2.45, 2.75) is 19.9 Å². The lowest BCUT2D eigenvalue weighted by Crippen LogP contribution is -3.00. The first-order valence-corrected chi connectivity index (χ1v) is 7.05. The molecule has 22 heavy (non-hydrogen) atoms. The van der Waals surface area contributed by atoms with Crippen LogP contribution in [0.15, 0.2) is 42.7 Å². The highest BCUT2D eigenvalue weighted by molar-refractivity contribution is 6.31. The van der Waals surface area contributed by atoms with E-state index >= 15 is 0 Å². The summed E-state index contributed by atoms with van der Waals surface area (Å²) in [5.41, 5.74) is 1.78. The third-order valence-corrected chi connectivity index (χ3v) is 3.33. The number of carbonyl (C=O) groups is 1. The van der Waals surface area contributed by atoms with Crippen molar-refractivity contribution in [3.8, 4) is 5.75 Å². The lowest BCUT2D eigenvalue weighted by atomic mass is 10.2. The van der Waals surface area contributed by atoms with Crippen molar-refractivity contribution in [3.63, 3.8) is 0 Å². The Labute approximate surface area is 145 Å². The van der Waals surface area contributed by atoms with Crippen molar-refractivity contribution < 1.29 is 31.1 Å². The van der Waals surface area contributed by atoms with Gasteiger partial charge in [0.2, 0.25) is 5.91 Å². The second-order valence-corrected chi connectivity index (χ2v) is 5.19. The number of amides is 1. The minimum atomic E-state index is -0.0800. The first-order valence-electron chi connectivity index (χ1n) is 6.67. The van der Waals surface area contributed by atoms with Crippen LogP contribution in [-0.4, -0.2) is 13.0 Å². The molecular formula is C16H18BrClN2O2. The van der Waals surface area contributed by atoms with Crippen LogP contribution in [0.4, 0.5) is 5.69 Å². The van der Waals surface area contributed by atoms with Gasteiger partial charge in [0.15, 0.2) is 18.9 Å². The molecule has 0 unspecified atom stereocenters. The monoisotopic (exact) mass is 384 g/mol. The highest BCUT2D eigenvalue weighted by Gasteiger charge is 2.10. The topological polar surface area (TPSA) is 42.2 Å². The van der Waals surface area contributed by atoms with Gasteiger partial charge in [0.05, 0.1) is 19.2 Å². The number of pyridine rings is 1. The number of benzene rings is 1. The van der Waals surface area contributed by atoms with Crippen molar-refractivity contribution in [1.29, 1.82) is 0 Å². The Hall–Kier alpha value is -1.59. The molecule has 2 aromatic rings. The number of methoxy groups -OCH3 is 1. The van der Waals surface area contributed by atoms with Crippen LogP contribution in [0.1, 0.15) is 12.0 Å². The summed E-state index contributed by atoms with van der Waals surface area (Å²) in [6.07, 6.45) is 4.30. The van der Waals surface area contributed by atoms with Crippen molar-refractivity contribution in [2.24, 2.45) is 0 Å². The zero-order valence-corrected chi connectivity index (χ0v) is 14.8. The molecule has 0 spiro atoms. The molecule has 0 bridgehead atoms. The van der Waals surface area contributed by atoms with Crippen molar-refractivity contribution in [2.75, 3.05) is 12.4 Å². The number of aromatic nitrogens is 1. The highest BCUT2D eigenvalue weighted by Crippen LogP contribution is 2.27. The van der Waals surface area contributed by atoms with E-state index in [9.17, 15) is 4.79 Å². The molecule has 0 aliphatic heterocycles. The zero-order chi connectivity index (χ0) is 15.2. The molecule has 1 heterocycles. The van der Waals surface area contributed by atoms with E-state index in [-0.39, 0.29) is 22.9 Å². The fourth-order valence-electron chi connectivity index (χ4n) is 1.90. The van der Waals surface area contributed by atoms with Gasteiger partial charge in [-0.25, -0.2) is 4.57 Å². The Morgan fingerprint density at radius 2 is 1.95 bits per heavy atom. The Kier molecular flexibility index (Phi) is 7.35. The Morgan fingerprint density at radius 1 is 1.27 bits per heavy atom. The lowest BCUT2D eigenvalue weighted by Gasteiger charge is -2.09. The van der Waals surface area contributed by atoms with Crippen LogP contribution in [0.3, 0.4) is 0 Å². The number of hydrogen-bond acceptors (Lipinski definition) is 2. The first-order chi connectivity index (χ1) is 10.1. The van der Waals surface area contributed by atoms with E-state index < -0.39 is 0 Å². The number of nitrogens with zero attached hydrogens (tertiary/aromatic N) is 1. The van der Waals surface area contributed by atoms with E-state index in [1.165, 1.54) is 5.56 Å². The van der Waals surface area contributed by atoms with Gasteiger partial charge < -0.3 is 27.0 Å². The summed E-state index contributed by atoms with van der Waals surface area (Å²) >= 11 is 5.93. The van der Waals surface area contributed by atoms with Gasteiger partial charge in [-0.1, -0.05) is 11.6 Å². The second kappa shape index (κ2) is 8.76. The molecule has 0 fully saturated rings. The molecule has 0 saturated carbocycles. The van der Waals surface area contributed by atoms with Gasteiger partial charge in [0.25, 0.3) is 0 Å². The number of anilines is 1. The number of aryl methyl sites for hydroxylation is 2. The van der Waals surface area contributed by atoms with E-state index in [1.54, 1.807) is 25.3 Å². The summed E-state index contributed by atoms with van der Waals surface area (Å²) in [6.45, 7) is 2.65. The van der Waals surface area contributed by atoms with Crippen LogP contribution in [0.5, 0.6) is 5.75 Å². The lowest BCUT2D eigenvalue weighted by molar-refractivity contribution is -0.695. The Bertz CT molecular complexity index is 633. The number of nitrogens with one attached hydrogen (secondary N) is 1. The largest absolute Gasteiger partial charge is 1.00 e. The first kappa shape index (κ1) is 18.5. The maximum atomic E-state index is 12.0. The predicted molar refractivity (Wildman–Crippen MR) is 82.6 cm³/mol. The molecule has 1 amide bonds. The van der Waals surface area contributed by atoms with Gasteiger partial charge in [-0.3, -0.25) is 4.79 Å². The summed E-state index contributed by atoms with van der Waals surface area (Å²) in [5.74, 6) is 0.513. The number of hydrogen-bond donors (Lipinski definition) is 1. The SMILES string of the molecule is COc1ccc(Cl)cc1NC(=O)CC[n+]1ccc(C)cc1.[Br-]. The number of rotatable bonds is 5. The molecule has 1 N–H and O–H groups in total. The fraction of sp³-hybridized carbons (Fsp3) is 0.250. The molecule has 0 radical (unpaired) electrons. The van der Waals surface area contributed by atoms with E-state index in [4.69, 9.17) is 16.3 Å². The van der Waals surface area contributed by atoms with Crippen LogP contribution in [-0.2, 0) is 11.3 Å². The summed E-state index contributed by atoms with van der Waals surface area (Å²) in [6, 6.07) is 9.15. The molecular weight excluding hydrogens is 368 g/mol. The van der Waals surface area contributed by atoms with Crippen molar-refractivity contribution >= 4 is 23.2 Å². The third-order valence-electron chi connectivity index (χ3n) is 3.09. The molecule has 1 aromatic heterocycles. The molecule has 0 aliphatic rings. The van der Waals surface area contributed by atoms with Gasteiger partial charge in [-0.15, -0.1) is 0 Å². The zero-order valence-electron chi connectivity index (χ0n) is 12.5. The van der Waals surface area contributed by atoms with E-state index in [0.29, 0.717) is 29.4 Å². The van der Waals surface area contributed by atoms with E-state index in [2.05, 4.69) is 5.32 Å². The average molecular weight is 386 g/mol.